The smallest absolute Gasteiger partial charge is 0.408 e. The normalized spacial score (nSPS) is 13.6. The minimum absolute atomic E-state index is 0.103. The van der Waals surface area contributed by atoms with E-state index in [0.29, 0.717) is 5.56 Å². The zero-order valence-electron chi connectivity index (χ0n) is 21.5. The molecule has 0 saturated heterocycles. The molecule has 0 fully saturated rings. The standard InChI is InChI=1S/C31H22F5NO4/c1-31(15-17-9-3-2-4-10-17,29(38)41-28-26(35)24(33)23(32)25(34)27(28)36)37-30(39)40-16-22-20-13-7-5-11-18(20)19-12-6-8-14-21(19)22/h2-14,22H,15-16H2,1H3,(H,37,39)/t31-/m1/s1. The lowest BCUT2D eigenvalue weighted by Crippen LogP contribution is -2.56. The molecule has 0 unspecified atom stereocenters. The first-order valence-corrected chi connectivity index (χ1v) is 12.5. The summed E-state index contributed by atoms with van der Waals surface area (Å²) in [5.74, 6) is -15.1. The van der Waals surface area contributed by atoms with E-state index in [1.54, 1.807) is 30.3 Å². The molecule has 0 aliphatic heterocycles. The lowest BCUT2D eigenvalue weighted by Gasteiger charge is -2.28. The monoisotopic (exact) mass is 567 g/mol. The molecule has 5 nitrogen and oxygen atoms in total. The van der Waals surface area contributed by atoms with Crippen molar-refractivity contribution in [2.45, 2.75) is 24.8 Å². The average Bonchev–Trinajstić information content (AvgIpc) is 3.30. The van der Waals surface area contributed by atoms with Crippen LogP contribution in [0.15, 0.2) is 78.9 Å². The molecule has 0 heterocycles. The topological polar surface area (TPSA) is 64.6 Å². The van der Waals surface area contributed by atoms with Crippen LogP contribution in [-0.2, 0) is 16.0 Å². The predicted octanol–water partition coefficient (Wildman–Crippen LogP) is 6.83. The lowest BCUT2D eigenvalue weighted by molar-refractivity contribution is -0.141. The Labute approximate surface area is 231 Å². The van der Waals surface area contributed by atoms with Crippen molar-refractivity contribution in [2.24, 2.45) is 0 Å². The fourth-order valence-corrected chi connectivity index (χ4v) is 4.91. The minimum Gasteiger partial charge on any atom is -0.449 e. The molecule has 0 spiro atoms. The van der Waals surface area contributed by atoms with Crippen molar-refractivity contribution in [2.75, 3.05) is 6.61 Å². The summed E-state index contributed by atoms with van der Waals surface area (Å²) in [6.45, 7) is 1.09. The van der Waals surface area contributed by atoms with E-state index in [4.69, 9.17) is 9.47 Å². The van der Waals surface area contributed by atoms with Crippen LogP contribution in [0.5, 0.6) is 5.75 Å². The first-order chi connectivity index (χ1) is 19.6. The molecule has 1 atom stereocenters. The molecule has 1 amide bonds. The van der Waals surface area contributed by atoms with Gasteiger partial charge in [-0.25, -0.2) is 22.8 Å². The molecule has 5 rings (SSSR count). The number of nitrogens with one attached hydrogen (secondary N) is 1. The third kappa shape index (κ3) is 5.25. The van der Waals surface area contributed by atoms with E-state index < -0.39 is 52.4 Å². The molecule has 0 saturated carbocycles. The maximum absolute atomic E-state index is 14.3. The van der Waals surface area contributed by atoms with Crippen LogP contribution in [-0.4, -0.2) is 24.2 Å². The molecule has 1 aliphatic rings. The van der Waals surface area contributed by atoms with Crippen molar-refractivity contribution in [1.82, 2.24) is 5.32 Å². The van der Waals surface area contributed by atoms with Gasteiger partial charge >= 0.3 is 12.1 Å². The molecule has 0 aromatic heterocycles. The van der Waals surface area contributed by atoms with Crippen molar-refractivity contribution in [1.29, 1.82) is 0 Å². The summed E-state index contributed by atoms with van der Waals surface area (Å²) >= 11 is 0. The Hall–Kier alpha value is -4.73. The fourth-order valence-electron chi connectivity index (χ4n) is 4.91. The summed E-state index contributed by atoms with van der Waals surface area (Å²) < 4.78 is 79.7. The Balaban J connectivity index is 1.39. The van der Waals surface area contributed by atoms with Crippen LogP contribution in [0.3, 0.4) is 0 Å². The highest BCUT2D eigenvalue weighted by Crippen LogP contribution is 2.44. The highest BCUT2D eigenvalue weighted by atomic mass is 19.2. The number of amides is 1. The molecule has 10 heteroatoms. The summed E-state index contributed by atoms with van der Waals surface area (Å²) in [7, 11) is 0. The maximum atomic E-state index is 14.3. The molecule has 1 N–H and O–H groups in total. The molecule has 1 aliphatic carbocycles. The number of alkyl carbamates (subject to hydrolysis) is 1. The van der Waals surface area contributed by atoms with Gasteiger partial charge in [-0.05, 0) is 34.7 Å². The quantitative estimate of drug-likeness (QED) is 0.0875. The molecule has 0 radical (unpaired) electrons. The Morgan fingerprint density at radius 1 is 0.732 bits per heavy atom. The van der Waals surface area contributed by atoms with E-state index in [1.807, 2.05) is 48.5 Å². The van der Waals surface area contributed by atoms with Gasteiger partial charge in [0.1, 0.15) is 12.1 Å². The number of esters is 1. The summed E-state index contributed by atoms with van der Waals surface area (Å²) in [6, 6.07) is 23.5. The van der Waals surface area contributed by atoms with Crippen LogP contribution in [0.2, 0.25) is 0 Å². The van der Waals surface area contributed by atoms with Crippen molar-refractivity contribution in [3.05, 3.63) is 125 Å². The first-order valence-electron chi connectivity index (χ1n) is 12.5. The number of hydrogen-bond acceptors (Lipinski definition) is 4. The first kappa shape index (κ1) is 27.8. The van der Waals surface area contributed by atoms with E-state index in [0.717, 1.165) is 22.3 Å². The largest absolute Gasteiger partial charge is 0.449 e. The van der Waals surface area contributed by atoms with E-state index in [1.165, 1.54) is 6.92 Å². The third-order valence-corrected chi connectivity index (χ3v) is 6.94. The number of carbonyl (C=O) groups excluding carboxylic acids is 2. The predicted molar refractivity (Wildman–Crippen MR) is 139 cm³/mol. The van der Waals surface area contributed by atoms with Crippen LogP contribution in [0.25, 0.3) is 11.1 Å². The summed E-state index contributed by atoms with van der Waals surface area (Å²) in [4.78, 5) is 26.2. The molecule has 4 aromatic rings. The third-order valence-electron chi connectivity index (χ3n) is 6.94. The van der Waals surface area contributed by atoms with Crippen molar-refractivity contribution in [3.63, 3.8) is 0 Å². The molecule has 41 heavy (non-hydrogen) atoms. The Morgan fingerprint density at radius 3 is 1.78 bits per heavy atom. The van der Waals surface area contributed by atoms with Crippen LogP contribution in [0, 0.1) is 29.1 Å². The summed E-state index contributed by atoms with van der Waals surface area (Å²) in [6.07, 6.45) is -1.31. The summed E-state index contributed by atoms with van der Waals surface area (Å²) in [5.41, 5.74) is 2.35. The number of rotatable bonds is 7. The fraction of sp³-hybridized carbons (Fsp3) is 0.161. The van der Waals surface area contributed by atoms with Gasteiger partial charge in [-0.2, -0.15) is 8.78 Å². The minimum atomic E-state index is -2.40. The number of benzene rings is 4. The van der Waals surface area contributed by atoms with Gasteiger partial charge < -0.3 is 14.8 Å². The second kappa shape index (κ2) is 11.0. The Kier molecular flexibility index (Phi) is 7.49. The van der Waals surface area contributed by atoms with E-state index in [9.17, 15) is 31.5 Å². The Bertz CT molecular complexity index is 1570. The Morgan fingerprint density at radius 2 is 1.22 bits per heavy atom. The molecular weight excluding hydrogens is 545 g/mol. The van der Waals surface area contributed by atoms with Gasteiger partial charge in [-0.15, -0.1) is 0 Å². The van der Waals surface area contributed by atoms with Gasteiger partial charge in [0.25, 0.3) is 0 Å². The van der Waals surface area contributed by atoms with Gasteiger partial charge in [-0.1, -0.05) is 78.9 Å². The van der Waals surface area contributed by atoms with Crippen molar-refractivity contribution >= 4 is 12.1 Å². The maximum Gasteiger partial charge on any atom is 0.408 e. The molecular formula is C31H22F5NO4. The lowest BCUT2D eigenvalue weighted by atomic mass is 9.93. The van der Waals surface area contributed by atoms with Gasteiger partial charge in [0.15, 0.2) is 0 Å². The number of fused-ring (bicyclic) bond motifs is 3. The highest BCUT2D eigenvalue weighted by molar-refractivity contribution is 5.87. The van der Waals surface area contributed by atoms with Gasteiger partial charge in [-0.3, -0.25) is 0 Å². The van der Waals surface area contributed by atoms with Crippen LogP contribution >= 0.6 is 0 Å². The van der Waals surface area contributed by atoms with Gasteiger partial charge in [0, 0.05) is 12.3 Å². The van der Waals surface area contributed by atoms with E-state index in [2.05, 4.69) is 5.32 Å². The second-order valence-electron chi connectivity index (χ2n) is 9.73. The summed E-state index contributed by atoms with van der Waals surface area (Å²) in [5, 5.41) is 2.37. The molecule has 210 valence electrons. The SMILES string of the molecule is C[C@](Cc1ccccc1)(NC(=O)OCC1c2ccccc2-c2ccccc21)C(=O)Oc1c(F)c(F)c(F)c(F)c1F. The van der Waals surface area contributed by atoms with Crippen molar-refractivity contribution in [3.8, 4) is 16.9 Å². The number of ether oxygens (including phenoxy) is 2. The van der Waals surface area contributed by atoms with Crippen LogP contribution in [0.1, 0.15) is 29.5 Å². The number of halogens is 5. The highest BCUT2D eigenvalue weighted by Gasteiger charge is 2.40. The van der Waals surface area contributed by atoms with E-state index in [-0.39, 0.29) is 18.9 Å². The number of carbonyl (C=O) groups is 2. The van der Waals surface area contributed by atoms with Gasteiger partial charge in [0.2, 0.25) is 34.8 Å². The second-order valence-corrected chi connectivity index (χ2v) is 9.73. The zero-order valence-corrected chi connectivity index (χ0v) is 21.5. The van der Waals surface area contributed by atoms with E-state index >= 15 is 0 Å². The zero-order chi connectivity index (χ0) is 29.3. The molecule has 4 aromatic carbocycles. The van der Waals surface area contributed by atoms with Crippen LogP contribution in [0.4, 0.5) is 26.7 Å². The van der Waals surface area contributed by atoms with Gasteiger partial charge in [0.05, 0.1) is 0 Å². The molecule has 0 bridgehead atoms. The number of hydrogen-bond donors (Lipinski definition) is 1. The van der Waals surface area contributed by atoms with Crippen LogP contribution < -0.4 is 10.1 Å². The average molecular weight is 568 g/mol. The van der Waals surface area contributed by atoms with Crippen molar-refractivity contribution < 1.29 is 41.0 Å².